The molecule has 0 radical (unpaired) electrons. The molecule has 1 amide bonds. The average Bonchev–Trinajstić information content (AvgIpc) is 3.13. The van der Waals surface area contributed by atoms with Crippen LogP contribution in [0.5, 0.6) is 0 Å². The molecule has 6 heteroatoms. The molecule has 0 saturated carbocycles. The van der Waals surface area contributed by atoms with E-state index < -0.39 is 5.97 Å². The average molecular weight is 397 g/mol. The molecule has 1 heterocycles. The Morgan fingerprint density at radius 3 is 2.61 bits per heavy atom. The second kappa shape index (κ2) is 9.46. The van der Waals surface area contributed by atoms with E-state index in [0.29, 0.717) is 6.42 Å². The maximum absolute atomic E-state index is 12.0. The van der Waals surface area contributed by atoms with Crippen molar-refractivity contribution in [2.24, 2.45) is 0 Å². The summed E-state index contributed by atoms with van der Waals surface area (Å²) < 4.78 is 6.20. The largest absolute Gasteiger partial charge is 0.456 e. The molecule has 2 aromatic carbocycles. The van der Waals surface area contributed by atoms with E-state index in [4.69, 9.17) is 4.74 Å². The van der Waals surface area contributed by atoms with Gasteiger partial charge in [0.2, 0.25) is 0 Å². The first-order valence-corrected chi connectivity index (χ1v) is 10.2. The van der Waals surface area contributed by atoms with Crippen LogP contribution in [0, 0.1) is 0 Å². The number of hydrogen-bond acceptors (Lipinski definition) is 5. The summed E-state index contributed by atoms with van der Waals surface area (Å²) in [5, 5.41) is 3.75. The van der Waals surface area contributed by atoms with Crippen LogP contribution >= 0.6 is 11.3 Å². The minimum Gasteiger partial charge on any atom is -0.456 e. The summed E-state index contributed by atoms with van der Waals surface area (Å²) in [6.45, 7) is 3.75. The van der Waals surface area contributed by atoms with Gasteiger partial charge < -0.3 is 10.1 Å². The fourth-order valence-corrected chi connectivity index (χ4v) is 3.83. The van der Waals surface area contributed by atoms with Crippen molar-refractivity contribution in [1.82, 2.24) is 10.3 Å². The van der Waals surface area contributed by atoms with Crippen LogP contribution in [0.25, 0.3) is 10.2 Å². The number of nitrogens with zero attached hydrogens (tertiary/aromatic N) is 1. The van der Waals surface area contributed by atoms with Crippen LogP contribution in [-0.2, 0) is 27.2 Å². The topological polar surface area (TPSA) is 68.3 Å². The Hall–Kier alpha value is -2.73. The number of amides is 1. The molecular weight excluding hydrogens is 372 g/mol. The number of aromatic nitrogens is 1. The van der Waals surface area contributed by atoms with Crippen LogP contribution < -0.4 is 5.32 Å². The first-order valence-electron chi connectivity index (χ1n) is 9.43. The first kappa shape index (κ1) is 20.0. The fourth-order valence-electron chi connectivity index (χ4n) is 2.86. The Morgan fingerprint density at radius 2 is 1.89 bits per heavy atom. The van der Waals surface area contributed by atoms with Crippen LogP contribution in [0.1, 0.15) is 42.4 Å². The van der Waals surface area contributed by atoms with E-state index in [9.17, 15) is 9.59 Å². The minimum absolute atomic E-state index is 0.139. The first-order chi connectivity index (χ1) is 13.5. The summed E-state index contributed by atoms with van der Waals surface area (Å²) in [6, 6.07) is 15.9. The third-order valence-corrected chi connectivity index (χ3v) is 5.61. The summed E-state index contributed by atoms with van der Waals surface area (Å²) in [5.74, 6) is -0.699. The van der Waals surface area contributed by atoms with Crippen molar-refractivity contribution < 1.29 is 14.3 Å². The van der Waals surface area contributed by atoms with Crippen molar-refractivity contribution >= 4 is 33.4 Å². The third kappa shape index (κ3) is 5.39. The zero-order valence-electron chi connectivity index (χ0n) is 16.1. The van der Waals surface area contributed by atoms with Gasteiger partial charge in [-0.15, -0.1) is 11.3 Å². The van der Waals surface area contributed by atoms with Gasteiger partial charge in [-0.3, -0.25) is 9.59 Å². The number of carbonyl (C=O) groups excluding carboxylic acids is 2. The number of fused-ring (bicyclic) bond motifs is 1. The molecular formula is C22H24N2O3S. The van der Waals surface area contributed by atoms with Crippen LogP contribution in [0.15, 0.2) is 48.5 Å². The molecule has 0 unspecified atom stereocenters. The van der Waals surface area contributed by atoms with Gasteiger partial charge in [0.1, 0.15) is 0 Å². The molecule has 0 fully saturated rings. The second-order valence-corrected chi connectivity index (χ2v) is 7.74. The van der Waals surface area contributed by atoms with Gasteiger partial charge in [-0.2, -0.15) is 0 Å². The summed E-state index contributed by atoms with van der Waals surface area (Å²) in [4.78, 5) is 28.5. The Kier molecular flexibility index (Phi) is 6.76. The van der Waals surface area contributed by atoms with Gasteiger partial charge in [0, 0.05) is 6.42 Å². The highest BCUT2D eigenvalue weighted by molar-refractivity contribution is 7.18. The van der Waals surface area contributed by atoms with E-state index >= 15 is 0 Å². The number of para-hydroxylation sites is 1. The Morgan fingerprint density at radius 1 is 1.14 bits per heavy atom. The number of benzene rings is 2. The number of nitrogens with one attached hydrogen (secondary N) is 1. The highest BCUT2D eigenvalue weighted by atomic mass is 32.1. The van der Waals surface area contributed by atoms with E-state index in [1.54, 1.807) is 11.3 Å². The lowest BCUT2D eigenvalue weighted by molar-refractivity contribution is -0.148. The van der Waals surface area contributed by atoms with Crippen molar-refractivity contribution in [3.8, 4) is 0 Å². The molecule has 146 valence electrons. The maximum Gasteiger partial charge on any atom is 0.306 e. The minimum atomic E-state index is -0.394. The summed E-state index contributed by atoms with van der Waals surface area (Å²) >= 11 is 1.57. The molecule has 5 nitrogen and oxygen atoms in total. The SMILES string of the molecule is CCc1ccc([C@H](C)NC(=O)COC(=O)CCc2nc3ccccc3s2)cc1. The van der Waals surface area contributed by atoms with Crippen molar-refractivity contribution in [2.75, 3.05) is 6.61 Å². The molecule has 0 aliphatic carbocycles. The highest BCUT2D eigenvalue weighted by Gasteiger charge is 2.13. The van der Waals surface area contributed by atoms with Crippen molar-refractivity contribution in [3.63, 3.8) is 0 Å². The molecule has 0 spiro atoms. The smallest absolute Gasteiger partial charge is 0.306 e. The van der Waals surface area contributed by atoms with Crippen LogP contribution in [0.4, 0.5) is 0 Å². The van der Waals surface area contributed by atoms with Gasteiger partial charge >= 0.3 is 5.97 Å². The predicted molar refractivity (Wildman–Crippen MR) is 111 cm³/mol. The van der Waals surface area contributed by atoms with Gasteiger partial charge in [0.25, 0.3) is 5.91 Å². The molecule has 1 atom stereocenters. The molecule has 0 aliphatic rings. The van der Waals surface area contributed by atoms with E-state index in [1.807, 2.05) is 43.3 Å². The van der Waals surface area contributed by atoms with Gasteiger partial charge in [-0.1, -0.05) is 43.3 Å². The Balaban J connectivity index is 1.41. The molecule has 0 saturated heterocycles. The number of hydrogen-bond donors (Lipinski definition) is 1. The molecule has 3 rings (SSSR count). The Bertz CT molecular complexity index is 917. The zero-order chi connectivity index (χ0) is 19.9. The lowest BCUT2D eigenvalue weighted by Gasteiger charge is -2.15. The quantitative estimate of drug-likeness (QED) is 0.579. The van der Waals surface area contributed by atoms with Crippen LogP contribution in [-0.4, -0.2) is 23.5 Å². The second-order valence-electron chi connectivity index (χ2n) is 6.62. The number of ether oxygens (including phenoxy) is 1. The monoisotopic (exact) mass is 396 g/mol. The standard InChI is InChI=1S/C22H24N2O3S/c1-3-16-8-10-17(11-9-16)15(2)23-20(25)14-27-22(26)13-12-21-24-18-6-4-5-7-19(18)28-21/h4-11,15H,3,12-14H2,1-2H3,(H,23,25)/t15-/m0/s1. The number of aryl methyl sites for hydroxylation is 2. The van der Waals surface area contributed by atoms with Crippen LogP contribution in [0.2, 0.25) is 0 Å². The summed E-state index contributed by atoms with van der Waals surface area (Å²) in [6.07, 6.45) is 1.70. The van der Waals surface area contributed by atoms with Crippen molar-refractivity contribution in [2.45, 2.75) is 39.2 Å². The van der Waals surface area contributed by atoms with E-state index in [2.05, 4.69) is 29.4 Å². The number of rotatable bonds is 8. The van der Waals surface area contributed by atoms with Gasteiger partial charge in [-0.25, -0.2) is 4.98 Å². The lowest BCUT2D eigenvalue weighted by atomic mass is 10.1. The normalized spacial score (nSPS) is 11.9. The van der Waals surface area contributed by atoms with E-state index in [-0.39, 0.29) is 25.0 Å². The predicted octanol–water partition coefficient (Wildman–Crippen LogP) is 4.21. The zero-order valence-corrected chi connectivity index (χ0v) is 16.9. The van der Waals surface area contributed by atoms with Crippen molar-refractivity contribution in [1.29, 1.82) is 0 Å². The fraction of sp³-hybridized carbons (Fsp3) is 0.318. The lowest BCUT2D eigenvalue weighted by Crippen LogP contribution is -2.31. The summed E-state index contributed by atoms with van der Waals surface area (Å²) in [7, 11) is 0. The highest BCUT2D eigenvalue weighted by Crippen LogP contribution is 2.22. The van der Waals surface area contributed by atoms with E-state index in [0.717, 1.165) is 27.2 Å². The molecule has 1 aromatic heterocycles. The van der Waals surface area contributed by atoms with Gasteiger partial charge in [-0.05, 0) is 36.6 Å². The molecule has 0 bridgehead atoms. The Labute approximate surface area is 168 Å². The van der Waals surface area contributed by atoms with E-state index in [1.165, 1.54) is 5.56 Å². The number of carbonyl (C=O) groups is 2. The summed E-state index contributed by atoms with van der Waals surface area (Å²) in [5.41, 5.74) is 3.22. The van der Waals surface area contributed by atoms with Crippen molar-refractivity contribution in [3.05, 3.63) is 64.7 Å². The van der Waals surface area contributed by atoms with Gasteiger partial charge in [0.05, 0.1) is 27.7 Å². The van der Waals surface area contributed by atoms with Gasteiger partial charge in [0.15, 0.2) is 6.61 Å². The molecule has 0 aliphatic heterocycles. The maximum atomic E-state index is 12.0. The molecule has 28 heavy (non-hydrogen) atoms. The number of esters is 1. The number of thiazole rings is 1. The van der Waals surface area contributed by atoms with Crippen LogP contribution in [0.3, 0.4) is 0 Å². The molecule has 3 aromatic rings. The third-order valence-electron chi connectivity index (χ3n) is 4.51. The molecule has 1 N–H and O–H groups in total.